The number of rotatable bonds is 3. The van der Waals surface area contributed by atoms with Crippen LogP contribution in [-0.2, 0) is 0 Å². The number of ether oxygens (including phenoxy) is 1. The van der Waals surface area contributed by atoms with Crippen molar-refractivity contribution in [1.82, 2.24) is 0 Å². The smallest absolute Gasteiger partial charge is 0.142 e. The van der Waals surface area contributed by atoms with E-state index < -0.39 is 0 Å². The molecule has 1 aromatic carbocycles. The van der Waals surface area contributed by atoms with Crippen molar-refractivity contribution in [3.8, 4) is 11.8 Å². The minimum absolute atomic E-state index is 0.238. The van der Waals surface area contributed by atoms with Crippen molar-refractivity contribution in [1.29, 1.82) is 5.26 Å². The minimum atomic E-state index is -0.238. The first-order valence-electron chi connectivity index (χ1n) is 4.17. The van der Waals surface area contributed by atoms with E-state index in [2.05, 4.69) is 27.3 Å². The van der Waals surface area contributed by atoms with Gasteiger partial charge in [-0.15, -0.1) is 0 Å². The molecular weight excluding hydrogens is 244 g/mol. The van der Waals surface area contributed by atoms with Crippen LogP contribution < -0.4 is 10.1 Å². The highest BCUT2D eigenvalue weighted by atomic mass is 79.9. The fourth-order valence-electron chi connectivity index (χ4n) is 1.06. The third-order valence-corrected chi connectivity index (χ3v) is 2.22. The Morgan fingerprint density at radius 3 is 2.86 bits per heavy atom. The minimum Gasteiger partial charge on any atom is -0.495 e. The molecule has 0 aliphatic rings. The van der Waals surface area contributed by atoms with Crippen LogP contribution >= 0.6 is 15.9 Å². The lowest BCUT2D eigenvalue weighted by molar-refractivity contribution is 0.416. The molecular formula is C10H11BrN2O. The van der Waals surface area contributed by atoms with Gasteiger partial charge in [0.1, 0.15) is 11.8 Å². The van der Waals surface area contributed by atoms with Crippen molar-refractivity contribution >= 4 is 21.6 Å². The van der Waals surface area contributed by atoms with Gasteiger partial charge >= 0.3 is 0 Å². The molecule has 0 saturated carbocycles. The summed E-state index contributed by atoms with van der Waals surface area (Å²) >= 11 is 3.36. The fourth-order valence-corrected chi connectivity index (χ4v) is 1.42. The molecule has 4 heteroatoms. The molecule has 0 fully saturated rings. The average molecular weight is 255 g/mol. The predicted molar refractivity (Wildman–Crippen MR) is 59.4 cm³/mol. The molecule has 0 saturated heterocycles. The average Bonchev–Trinajstić information content (AvgIpc) is 2.18. The molecule has 1 atom stereocenters. The summed E-state index contributed by atoms with van der Waals surface area (Å²) in [6.07, 6.45) is 0. The second kappa shape index (κ2) is 4.87. The number of nitrogens with zero attached hydrogens (tertiary/aromatic N) is 1. The number of hydrogen-bond donors (Lipinski definition) is 1. The van der Waals surface area contributed by atoms with Gasteiger partial charge in [0.05, 0.1) is 18.9 Å². The molecule has 0 aromatic heterocycles. The van der Waals surface area contributed by atoms with E-state index >= 15 is 0 Å². The zero-order chi connectivity index (χ0) is 10.6. The first-order valence-corrected chi connectivity index (χ1v) is 4.96. The van der Waals surface area contributed by atoms with Gasteiger partial charge in [-0.3, -0.25) is 0 Å². The lowest BCUT2D eigenvalue weighted by atomic mass is 10.2. The van der Waals surface area contributed by atoms with Gasteiger partial charge in [-0.05, 0) is 25.1 Å². The van der Waals surface area contributed by atoms with Crippen molar-refractivity contribution in [2.75, 3.05) is 12.4 Å². The Balaban J connectivity index is 2.94. The first kappa shape index (κ1) is 10.9. The van der Waals surface area contributed by atoms with Crippen LogP contribution in [0.5, 0.6) is 5.75 Å². The predicted octanol–water partition coefficient (Wildman–Crippen LogP) is 2.78. The summed E-state index contributed by atoms with van der Waals surface area (Å²) in [5.74, 6) is 0.732. The van der Waals surface area contributed by atoms with Gasteiger partial charge < -0.3 is 10.1 Å². The molecule has 0 heterocycles. The van der Waals surface area contributed by atoms with E-state index in [0.717, 1.165) is 15.9 Å². The van der Waals surface area contributed by atoms with Gasteiger partial charge in [-0.2, -0.15) is 5.26 Å². The maximum absolute atomic E-state index is 8.66. The molecule has 0 amide bonds. The van der Waals surface area contributed by atoms with Gasteiger partial charge in [0.15, 0.2) is 0 Å². The zero-order valence-electron chi connectivity index (χ0n) is 8.04. The highest BCUT2D eigenvalue weighted by molar-refractivity contribution is 9.10. The SMILES string of the molecule is COc1ccc(Br)cc1NC(C)C#N. The van der Waals surface area contributed by atoms with Crippen molar-refractivity contribution in [3.05, 3.63) is 22.7 Å². The topological polar surface area (TPSA) is 45.0 Å². The Labute approximate surface area is 91.8 Å². The summed E-state index contributed by atoms with van der Waals surface area (Å²) in [7, 11) is 1.60. The third kappa shape index (κ3) is 2.64. The quantitative estimate of drug-likeness (QED) is 0.903. The second-order valence-electron chi connectivity index (χ2n) is 2.84. The summed E-state index contributed by atoms with van der Waals surface area (Å²) in [6, 6.07) is 7.48. The molecule has 14 heavy (non-hydrogen) atoms. The van der Waals surface area contributed by atoms with Crippen LogP contribution in [0.1, 0.15) is 6.92 Å². The molecule has 1 unspecified atom stereocenters. The van der Waals surface area contributed by atoms with E-state index in [1.807, 2.05) is 18.2 Å². The van der Waals surface area contributed by atoms with E-state index in [1.54, 1.807) is 14.0 Å². The van der Waals surface area contributed by atoms with Crippen LogP contribution in [0.15, 0.2) is 22.7 Å². The maximum Gasteiger partial charge on any atom is 0.142 e. The summed E-state index contributed by atoms with van der Waals surface area (Å²) in [4.78, 5) is 0. The van der Waals surface area contributed by atoms with Crippen molar-refractivity contribution < 1.29 is 4.74 Å². The van der Waals surface area contributed by atoms with E-state index in [0.29, 0.717) is 0 Å². The van der Waals surface area contributed by atoms with E-state index in [-0.39, 0.29) is 6.04 Å². The monoisotopic (exact) mass is 254 g/mol. The molecule has 0 spiro atoms. The van der Waals surface area contributed by atoms with E-state index in [9.17, 15) is 0 Å². The summed E-state index contributed by atoms with van der Waals surface area (Å²) < 4.78 is 6.10. The third-order valence-electron chi connectivity index (χ3n) is 1.73. The van der Waals surface area contributed by atoms with Crippen molar-refractivity contribution in [3.63, 3.8) is 0 Å². The van der Waals surface area contributed by atoms with Crippen LogP contribution in [0.25, 0.3) is 0 Å². The van der Waals surface area contributed by atoms with Crippen LogP contribution in [0, 0.1) is 11.3 Å². The van der Waals surface area contributed by atoms with Crippen molar-refractivity contribution in [2.45, 2.75) is 13.0 Å². The van der Waals surface area contributed by atoms with E-state index in [4.69, 9.17) is 10.00 Å². The lowest BCUT2D eigenvalue weighted by Gasteiger charge is -2.12. The number of nitriles is 1. The number of methoxy groups -OCH3 is 1. The summed E-state index contributed by atoms with van der Waals surface area (Å²) in [5, 5.41) is 11.7. The maximum atomic E-state index is 8.66. The highest BCUT2D eigenvalue weighted by Gasteiger charge is 2.06. The normalized spacial score (nSPS) is 11.6. The lowest BCUT2D eigenvalue weighted by Crippen LogP contribution is -2.12. The second-order valence-corrected chi connectivity index (χ2v) is 3.76. The number of benzene rings is 1. The van der Waals surface area contributed by atoms with Crippen LogP contribution in [0.2, 0.25) is 0 Å². The number of hydrogen-bond acceptors (Lipinski definition) is 3. The highest BCUT2D eigenvalue weighted by Crippen LogP contribution is 2.28. The molecule has 0 radical (unpaired) electrons. The molecule has 1 rings (SSSR count). The van der Waals surface area contributed by atoms with Crippen molar-refractivity contribution in [2.24, 2.45) is 0 Å². The largest absolute Gasteiger partial charge is 0.495 e. The molecule has 0 aliphatic carbocycles. The van der Waals surface area contributed by atoms with Gasteiger partial charge in [-0.25, -0.2) is 0 Å². The Kier molecular flexibility index (Phi) is 3.78. The van der Waals surface area contributed by atoms with Crippen LogP contribution in [-0.4, -0.2) is 13.2 Å². The van der Waals surface area contributed by atoms with Gasteiger partial charge in [0.25, 0.3) is 0 Å². The summed E-state index contributed by atoms with van der Waals surface area (Å²) in [6.45, 7) is 1.79. The fraction of sp³-hybridized carbons (Fsp3) is 0.300. The Bertz CT molecular complexity index is 360. The molecule has 0 bridgehead atoms. The molecule has 74 valence electrons. The van der Waals surface area contributed by atoms with Gasteiger partial charge in [0, 0.05) is 4.47 Å². The first-order chi connectivity index (χ1) is 6.67. The van der Waals surface area contributed by atoms with Crippen LogP contribution in [0.4, 0.5) is 5.69 Å². The molecule has 1 aromatic rings. The summed E-state index contributed by atoms with van der Waals surface area (Å²) in [5.41, 5.74) is 0.816. The number of halogens is 1. The molecule has 0 aliphatic heterocycles. The standard InChI is InChI=1S/C10H11BrN2O/c1-7(6-12)13-9-5-8(11)3-4-10(9)14-2/h3-5,7,13H,1-2H3. The molecule has 1 N–H and O–H groups in total. The Hall–Kier alpha value is -1.21. The van der Waals surface area contributed by atoms with Gasteiger partial charge in [0.2, 0.25) is 0 Å². The Morgan fingerprint density at radius 2 is 2.29 bits per heavy atom. The Morgan fingerprint density at radius 1 is 1.57 bits per heavy atom. The molecule has 3 nitrogen and oxygen atoms in total. The van der Waals surface area contributed by atoms with Gasteiger partial charge in [-0.1, -0.05) is 15.9 Å². The van der Waals surface area contributed by atoms with E-state index in [1.165, 1.54) is 0 Å². The van der Waals surface area contributed by atoms with Crippen LogP contribution in [0.3, 0.4) is 0 Å². The zero-order valence-corrected chi connectivity index (χ0v) is 9.63. The number of anilines is 1. The number of nitrogens with one attached hydrogen (secondary N) is 1.